The first kappa shape index (κ1) is 42.9. The van der Waals surface area contributed by atoms with Gasteiger partial charge in [-0.25, -0.2) is 0 Å². The van der Waals surface area contributed by atoms with E-state index in [2.05, 4.69) is 29.0 Å². The van der Waals surface area contributed by atoms with Gasteiger partial charge in [0.15, 0.2) is 10.9 Å². The maximum absolute atomic E-state index is 13.8. The zero-order chi connectivity index (χ0) is 43.1. The van der Waals surface area contributed by atoms with Crippen LogP contribution in [0.1, 0.15) is 87.1 Å². The highest BCUT2D eigenvalue weighted by Crippen LogP contribution is 2.47. The van der Waals surface area contributed by atoms with Gasteiger partial charge in [-0.15, -0.1) is 0 Å². The van der Waals surface area contributed by atoms with Gasteiger partial charge in [-0.1, -0.05) is 24.3 Å². The van der Waals surface area contributed by atoms with E-state index in [9.17, 15) is 37.6 Å². The minimum Gasteiger partial charge on any atom is -0.492 e. The number of rotatable bonds is 13. The fourth-order valence-electron chi connectivity index (χ4n) is 8.80. The molecule has 3 heterocycles. The summed E-state index contributed by atoms with van der Waals surface area (Å²) in [4.78, 5) is 58.3. The van der Waals surface area contributed by atoms with E-state index in [1.807, 2.05) is 42.5 Å². The van der Waals surface area contributed by atoms with Gasteiger partial charge in [-0.2, -0.15) is 18.4 Å². The van der Waals surface area contributed by atoms with Crippen molar-refractivity contribution in [3.63, 3.8) is 0 Å². The van der Waals surface area contributed by atoms with E-state index in [4.69, 9.17) is 17.0 Å². The third-order valence-corrected chi connectivity index (χ3v) is 12.4. The zero-order valence-electron chi connectivity index (χ0n) is 34.2. The molecule has 0 bridgehead atoms. The number of halogens is 3. The first-order chi connectivity index (χ1) is 28.4. The Balaban J connectivity index is 0.946. The van der Waals surface area contributed by atoms with Gasteiger partial charge >= 0.3 is 6.18 Å². The highest BCUT2D eigenvalue weighted by molar-refractivity contribution is 7.81. The summed E-state index contributed by atoms with van der Waals surface area (Å²) in [6.45, 7) is 10.6. The molecular weight excluding hydrogens is 794 g/mol. The lowest BCUT2D eigenvalue weighted by Gasteiger charge is -2.44. The number of imide groups is 1. The molecule has 316 valence electrons. The maximum Gasteiger partial charge on any atom is 0.417 e. The fourth-order valence-corrected chi connectivity index (χ4v) is 9.32. The van der Waals surface area contributed by atoms with Crippen molar-refractivity contribution in [2.24, 2.45) is 5.92 Å². The Labute approximate surface area is 353 Å². The van der Waals surface area contributed by atoms with Crippen molar-refractivity contribution >= 4 is 52.2 Å². The molecule has 60 heavy (non-hydrogen) atoms. The van der Waals surface area contributed by atoms with Gasteiger partial charge in [0, 0.05) is 56.2 Å². The number of amides is 3. The van der Waals surface area contributed by atoms with E-state index >= 15 is 0 Å². The number of ketones is 1. The van der Waals surface area contributed by atoms with E-state index in [1.165, 1.54) is 6.07 Å². The standard InChI is InChI=1S/C45H49F3N6O5S/c1-27-24-51(25-28(2)52(27)26-36(55)20-30-7-5-6-29(18-30)19-32-11-15-40(56)50-41(32)57)16-17-59-39-14-13-35(21-37(39)31-8-9-31)54-43(60)53(42(58)44(54,3)4)34-12-10-33(23-49)38(22-34)45(46,47)48/h5-7,10,12-14,18,21-22,27-28,31-32H,8-9,11,15-17,19-20,24-26H2,1-4H3,(H,50,56,57)/t27-,28+,32-/m1/s1. The van der Waals surface area contributed by atoms with Crippen molar-refractivity contribution in [2.45, 2.75) is 95.9 Å². The summed E-state index contributed by atoms with van der Waals surface area (Å²) in [5.41, 5.74) is 0.567. The van der Waals surface area contributed by atoms with Crippen LogP contribution >= 0.6 is 12.2 Å². The molecule has 1 aliphatic carbocycles. The predicted molar refractivity (Wildman–Crippen MR) is 224 cm³/mol. The van der Waals surface area contributed by atoms with Crippen molar-refractivity contribution in [1.82, 2.24) is 15.1 Å². The number of benzene rings is 3. The summed E-state index contributed by atoms with van der Waals surface area (Å²) < 4.78 is 47.9. The lowest BCUT2D eigenvalue weighted by molar-refractivity contribution is -0.138. The second kappa shape index (κ2) is 17.1. The number of nitrogens with zero attached hydrogens (tertiary/aromatic N) is 5. The molecule has 3 amide bonds. The van der Waals surface area contributed by atoms with Crippen LogP contribution in [-0.2, 0) is 38.2 Å². The van der Waals surface area contributed by atoms with Crippen molar-refractivity contribution in [2.75, 3.05) is 42.6 Å². The molecular formula is C45H49F3N6O5S. The SMILES string of the molecule is C[C@@H]1CN(CCOc2ccc(N3C(=S)N(c4ccc(C#N)c(C(F)(F)F)c4)C(=O)C3(C)C)cc2C2CC2)C[C@H](C)N1CC(=O)Cc1cccc(C[C@H]2CCC(=O)NC2=O)c1. The summed E-state index contributed by atoms with van der Waals surface area (Å²) in [7, 11) is 0. The molecule has 3 saturated heterocycles. The maximum atomic E-state index is 13.8. The molecule has 3 aliphatic heterocycles. The van der Waals surface area contributed by atoms with Crippen LogP contribution in [0.2, 0.25) is 0 Å². The van der Waals surface area contributed by atoms with Gasteiger partial charge in [-0.05, 0) is 125 Å². The van der Waals surface area contributed by atoms with E-state index in [1.54, 1.807) is 24.8 Å². The van der Waals surface area contributed by atoms with Gasteiger partial charge in [-0.3, -0.25) is 39.2 Å². The summed E-state index contributed by atoms with van der Waals surface area (Å²) in [6.07, 6.45) is -1.13. The number of piperazine rings is 1. The first-order valence-electron chi connectivity index (χ1n) is 20.4. The molecule has 0 radical (unpaired) electrons. The summed E-state index contributed by atoms with van der Waals surface area (Å²) in [6, 6.07) is 18.5. The van der Waals surface area contributed by atoms with Gasteiger partial charge in [0.2, 0.25) is 11.8 Å². The highest BCUT2D eigenvalue weighted by atomic mass is 32.1. The summed E-state index contributed by atoms with van der Waals surface area (Å²) >= 11 is 5.77. The Bertz CT molecular complexity index is 2240. The molecule has 3 aromatic carbocycles. The highest BCUT2D eigenvalue weighted by Gasteiger charge is 2.51. The molecule has 3 atom stereocenters. The third kappa shape index (κ3) is 9.11. The minimum absolute atomic E-state index is 0.0403. The molecule has 0 aromatic heterocycles. The number of alkyl halides is 3. The van der Waals surface area contributed by atoms with Gasteiger partial charge in [0.25, 0.3) is 5.91 Å². The molecule has 7 rings (SSSR count). The number of thiocarbonyl (C=S) groups is 1. The van der Waals surface area contributed by atoms with Crippen molar-refractivity contribution in [3.05, 3.63) is 88.5 Å². The largest absolute Gasteiger partial charge is 0.492 e. The van der Waals surface area contributed by atoms with E-state index in [0.29, 0.717) is 51.1 Å². The second-order valence-corrected chi connectivity index (χ2v) is 17.4. The molecule has 15 heteroatoms. The average Bonchev–Trinajstić information content (AvgIpc) is 4.01. The first-order valence-corrected chi connectivity index (χ1v) is 20.8. The van der Waals surface area contributed by atoms with E-state index in [-0.39, 0.29) is 52.3 Å². The quantitative estimate of drug-likeness (QED) is 0.150. The normalized spacial score (nSPS) is 22.5. The van der Waals surface area contributed by atoms with Crippen LogP contribution in [0.4, 0.5) is 24.5 Å². The third-order valence-electron chi connectivity index (χ3n) is 12.1. The van der Waals surface area contributed by atoms with Crippen molar-refractivity contribution in [1.29, 1.82) is 5.26 Å². The van der Waals surface area contributed by atoms with Crippen LogP contribution in [0, 0.1) is 17.2 Å². The fraction of sp³-hybridized carbons (Fsp3) is 0.467. The van der Waals surface area contributed by atoms with Crippen LogP contribution in [-0.4, -0.2) is 88.8 Å². The number of hydrogen-bond donors (Lipinski definition) is 1. The van der Waals surface area contributed by atoms with Gasteiger partial charge < -0.3 is 9.64 Å². The Morgan fingerprint density at radius 1 is 0.967 bits per heavy atom. The molecule has 4 fully saturated rings. The van der Waals surface area contributed by atoms with Gasteiger partial charge in [0.05, 0.1) is 29.4 Å². The number of nitriles is 1. The van der Waals surface area contributed by atoms with Gasteiger partial charge in [0.1, 0.15) is 17.9 Å². The van der Waals surface area contributed by atoms with Crippen molar-refractivity contribution < 1.29 is 37.1 Å². The topological polar surface area (TPSA) is 126 Å². The lowest BCUT2D eigenvalue weighted by Crippen LogP contribution is -2.58. The molecule has 0 unspecified atom stereocenters. The Morgan fingerprint density at radius 2 is 1.67 bits per heavy atom. The summed E-state index contributed by atoms with van der Waals surface area (Å²) in [5, 5.41) is 11.7. The number of anilines is 2. The van der Waals surface area contributed by atoms with Crippen LogP contribution < -0.4 is 19.9 Å². The van der Waals surface area contributed by atoms with Crippen molar-refractivity contribution in [3.8, 4) is 11.8 Å². The van der Waals surface area contributed by atoms with E-state index in [0.717, 1.165) is 65.4 Å². The number of carbonyl (C=O) groups is 4. The van der Waals surface area contributed by atoms with E-state index < -0.39 is 28.7 Å². The molecule has 0 spiro atoms. The molecule has 1 N–H and O–H groups in total. The molecule has 1 saturated carbocycles. The average molecular weight is 843 g/mol. The number of ether oxygens (including phenoxy) is 1. The minimum atomic E-state index is -4.79. The monoisotopic (exact) mass is 842 g/mol. The molecule has 4 aliphatic rings. The predicted octanol–water partition coefficient (Wildman–Crippen LogP) is 6.55. The Kier molecular flexibility index (Phi) is 12.2. The number of nitrogens with one attached hydrogen (secondary N) is 1. The zero-order valence-corrected chi connectivity index (χ0v) is 35.0. The molecule has 11 nitrogen and oxygen atoms in total. The Morgan fingerprint density at radius 3 is 2.33 bits per heavy atom. The molecule has 3 aromatic rings. The number of Topliss-reactive ketones (excluding diaryl/α,β-unsaturated/α-hetero) is 1. The smallest absolute Gasteiger partial charge is 0.417 e. The Hall–Kier alpha value is -5.17. The van der Waals surface area contributed by atoms with Crippen LogP contribution in [0.15, 0.2) is 60.7 Å². The number of piperidine rings is 1. The number of carbonyl (C=O) groups excluding carboxylic acids is 4. The second-order valence-electron chi connectivity index (χ2n) is 17.0. The number of hydrogen-bond acceptors (Lipinski definition) is 9. The van der Waals surface area contributed by atoms with Crippen LogP contribution in [0.5, 0.6) is 5.75 Å². The van der Waals surface area contributed by atoms with Crippen LogP contribution in [0.3, 0.4) is 0 Å². The van der Waals surface area contributed by atoms with Crippen LogP contribution in [0.25, 0.3) is 0 Å². The summed E-state index contributed by atoms with van der Waals surface area (Å²) in [5.74, 6) is -0.0713. The lowest BCUT2D eigenvalue weighted by atomic mass is 9.90.